The Morgan fingerprint density at radius 1 is 1.25 bits per heavy atom. The van der Waals surface area contributed by atoms with Gasteiger partial charge in [-0.3, -0.25) is 14.8 Å². The van der Waals surface area contributed by atoms with Crippen molar-refractivity contribution in [3.05, 3.63) is 36.2 Å². The third kappa shape index (κ3) is 8.02. The molecule has 0 radical (unpaired) electrons. The largest absolute Gasteiger partial charge is 0.383 e. The number of hydrogen-bond donors (Lipinski definition) is 3. The van der Waals surface area contributed by atoms with Crippen LogP contribution < -0.4 is 10.6 Å². The number of methoxy groups -OCH3 is 1. The summed E-state index contributed by atoms with van der Waals surface area (Å²) in [6.45, 7) is 8.25. The van der Waals surface area contributed by atoms with Gasteiger partial charge in [0, 0.05) is 51.9 Å². The number of aromatic amines is 1. The Labute approximate surface area is 206 Å². The first-order chi connectivity index (χ1) is 15.2. The van der Waals surface area contributed by atoms with E-state index in [0.717, 1.165) is 55.6 Å². The lowest BCUT2D eigenvalue weighted by molar-refractivity contribution is -0.122. The summed E-state index contributed by atoms with van der Waals surface area (Å²) in [6, 6.07) is 8.15. The first kappa shape index (κ1) is 26.0. The van der Waals surface area contributed by atoms with Crippen molar-refractivity contribution in [3.8, 4) is 11.4 Å². The number of halogens is 1. The zero-order chi connectivity index (χ0) is 21.9. The molecule has 32 heavy (non-hydrogen) atoms. The molecule has 11 heteroatoms. The molecule has 0 spiro atoms. The van der Waals surface area contributed by atoms with Crippen LogP contribution in [0.1, 0.15) is 12.5 Å². The van der Waals surface area contributed by atoms with E-state index in [1.54, 1.807) is 7.11 Å². The van der Waals surface area contributed by atoms with Gasteiger partial charge >= 0.3 is 0 Å². The molecule has 0 unspecified atom stereocenters. The molecule has 2 aromatic rings. The number of H-pyrrole nitrogens is 1. The minimum atomic E-state index is 0. The third-order valence-corrected chi connectivity index (χ3v) is 5.03. The van der Waals surface area contributed by atoms with Crippen LogP contribution >= 0.6 is 24.0 Å². The van der Waals surface area contributed by atoms with Crippen molar-refractivity contribution < 1.29 is 9.53 Å². The number of rotatable bonds is 9. The summed E-state index contributed by atoms with van der Waals surface area (Å²) in [4.78, 5) is 25.5. The fourth-order valence-corrected chi connectivity index (χ4v) is 3.42. The number of carbonyl (C=O) groups excluding carboxylic acids is 1. The molecule has 176 valence electrons. The second kappa shape index (κ2) is 14.0. The van der Waals surface area contributed by atoms with Crippen molar-refractivity contribution in [2.75, 3.05) is 59.5 Å². The van der Waals surface area contributed by atoms with Crippen LogP contribution in [-0.2, 0) is 16.1 Å². The van der Waals surface area contributed by atoms with Crippen LogP contribution in [0.2, 0.25) is 0 Å². The number of amides is 1. The second-order valence-electron chi connectivity index (χ2n) is 7.31. The van der Waals surface area contributed by atoms with Gasteiger partial charge < -0.3 is 20.3 Å². The summed E-state index contributed by atoms with van der Waals surface area (Å²) in [7, 11) is 1.63. The van der Waals surface area contributed by atoms with Gasteiger partial charge in [-0.05, 0) is 18.6 Å². The molecule has 1 amide bonds. The monoisotopic (exact) mass is 556 g/mol. The second-order valence-corrected chi connectivity index (χ2v) is 7.31. The molecule has 1 aromatic carbocycles. The van der Waals surface area contributed by atoms with E-state index in [-0.39, 0.29) is 29.9 Å². The molecule has 1 aromatic heterocycles. The standard InChI is InChI=1S/C21H32N8O2.HI/c1-3-22-21(24-14-17-5-4-6-18(13-17)20-25-16-26-27-20)29-10-8-28(9-11-29)15-19(30)23-7-12-31-2;/h4-6,13,16H,3,7-12,14-15H2,1-2H3,(H,22,24)(H,23,30)(H,25,26,27);1H. The summed E-state index contributed by atoms with van der Waals surface area (Å²) in [5.74, 6) is 1.69. The van der Waals surface area contributed by atoms with Crippen LogP contribution in [0.5, 0.6) is 0 Å². The molecule has 0 atom stereocenters. The number of nitrogens with zero attached hydrogens (tertiary/aromatic N) is 5. The highest BCUT2D eigenvalue weighted by Crippen LogP contribution is 2.16. The smallest absolute Gasteiger partial charge is 0.234 e. The van der Waals surface area contributed by atoms with Gasteiger partial charge in [-0.1, -0.05) is 18.2 Å². The lowest BCUT2D eigenvalue weighted by atomic mass is 10.1. The Morgan fingerprint density at radius 2 is 2.06 bits per heavy atom. The van der Waals surface area contributed by atoms with Gasteiger partial charge in [0.1, 0.15) is 6.33 Å². The van der Waals surface area contributed by atoms with E-state index in [2.05, 4.69) is 54.7 Å². The van der Waals surface area contributed by atoms with Crippen LogP contribution in [0.25, 0.3) is 11.4 Å². The average Bonchev–Trinajstić information content (AvgIpc) is 3.33. The van der Waals surface area contributed by atoms with Crippen molar-refractivity contribution >= 4 is 35.8 Å². The van der Waals surface area contributed by atoms with Gasteiger partial charge in [-0.15, -0.1) is 24.0 Å². The Kier molecular flexibility index (Phi) is 11.4. The number of carbonyl (C=O) groups is 1. The van der Waals surface area contributed by atoms with Crippen molar-refractivity contribution in [3.63, 3.8) is 0 Å². The molecule has 0 aliphatic carbocycles. The number of guanidine groups is 1. The molecule has 3 N–H and O–H groups in total. The van der Waals surface area contributed by atoms with E-state index in [1.165, 1.54) is 6.33 Å². The molecule has 0 bridgehead atoms. The molecule has 2 heterocycles. The summed E-state index contributed by atoms with van der Waals surface area (Å²) in [5.41, 5.74) is 2.10. The number of aliphatic imine (C=N–C) groups is 1. The SMILES string of the molecule is CCNC(=NCc1cccc(-c2ncn[nH]2)c1)N1CCN(CC(=O)NCCOC)CC1.I. The highest BCUT2D eigenvalue weighted by atomic mass is 127. The van der Waals surface area contributed by atoms with E-state index >= 15 is 0 Å². The van der Waals surface area contributed by atoms with Crippen molar-refractivity contribution in [1.29, 1.82) is 0 Å². The molecule has 1 aliphatic heterocycles. The predicted octanol–water partition coefficient (Wildman–Crippen LogP) is 0.935. The summed E-state index contributed by atoms with van der Waals surface area (Å²) >= 11 is 0. The van der Waals surface area contributed by atoms with Gasteiger partial charge in [0.25, 0.3) is 0 Å². The maximum absolute atomic E-state index is 12.0. The lowest BCUT2D eigenvalue weighted by Gasteiger charge is -2.36. The van der Waals surface area contributed by atoms with E-state index < -0.39 is 0 Å². The van der Waals surface area contributed by atoms with Gasteiger partial charge in [0.15, 0.2) is 11.8 Å². The molecule has 1 saturated heterocycles. The predicted molar refractivity (Wildman–Crippen MR) is 135 cm³/mol. The van der Waals surface area contributed by atoms with Crippen molar-refractivity contribution in [2.24, 2.45) is 4.99 Å². The Bertz CT molecular complexity index is 838. The van der Waals surface area contributed by atoms with E-state index in [1.807, 2.05) is 12.1 Å². The number of piperazine rings is 1. The Balaban J connectivity index is 0.00000363. The fraction of sp³-hybridized carbons (Fsp3) is 0.524. The lowest BCUT2D eigenvalue weighted by Crippen LogP contribution is -2.54. The quantitative estimate of drug-likeness (QED) is 0.183. The zero-order valence-electron chi connectivity index (χ0n) is 18.7. The van der Waals surface area contributed by atoms with E-state index in [9.17, 15) is 4.79 Å². The maximum Gasteiger partial charge on any atom is 0.234 e. The molecule has 3 rings (SSSR count). The number of benzene rings is 1. The summed E-state index contributed by atoms with van der Waals surface area (Å²) in [6.07, 6.45) is 1.51. The molecule has 10 nitrogen and oxygen atoms in total. The minimum Gasteiger partial charge on any atom is -0.383 e. The first-order valence-electron chi connectivity index (χ1n) is 10.7. The van der Waals surface area contributed by atoms with Crippen molar-refractivity contribution in [2.45, 2.75) is 13.5 Å². The Morgan fingerprint density at radius 3 is 2.75 bits per heavy atom. The first-order valence-corrected chi connectivity index (χ1v) is 10.7. The van der Waals surface area contributed by atoms with Crippen LogP contribution in [0.3, 0.4) is 0 Å². The summed E-state index contributed by atoms with van der Waals surface area (Å²) in [5, 5.41) is 13.1. The number of nitrogens with one attached hydrogen (secondary N) is 3. The number of hydrogen-bond acceptors (Lipinski definition) is 6. The Hall–Kier alpha value is -2.25. The van der Waals surface area contributed by atoms with Crippen LogP contribution in [0, 0.1) is 0 Å². The highest BCUT2D eigenvalue weighted by molar-refractivity contribution is 14.0. The summed E-state index contributed by atoms with van der Waals surface area (Å²) < 4.78 is 4.96. The average molecular weight is 556 g/mol. The molecule has 1 aliphatic rings. The molecule has 1 fully saturated rings. The van der Waals surface area contributed by atoms with Crippen molar-refractivity contribution in [1.82, 2.24) is 35.6 Å². The van der Waals surface area contributed by atoms with Gasteiger partial charge in [-0.25, -0.2) is 9.98 Å². The van der Waals surface area contributed by atoms with E-state index in [4.69, 9.17) is 9.73 Å². The molecular weight excluding hydrogens is 523 g/mol. The van der Waals surface area contributed by atoms with Gasteiger partial charge in [0.2, 0.25) is 5.91 Å². The third-order valence-electron chi connectivity index (χ3n) is 5.03. The zero-order valence-corrected chi connectivity index (χ0v) is 21.0. The van der Waals surface area contributed by atoms with Gasteiger partial charge in [-0.2, -0.15) is 5.10 Å². The normalized spacial score (nSPS) is 14.7. The number of aromatic nitrogens is 3. The van der Waals surface area contributed by atoms with Crippen LogP contribution in [0.15, 0.2) is 35.6 Å². The minimum absolute atomic E-state index is 0. The fourth-order valence-electron chi connectivity index (χ4n) is 3.42. The van der Waals surface area contributed by atoms with E-state index in [0.29, 0.717) is 26.2 Å². The van der Waals surface area contributed by atoms with Gasteiger partial charge in [0.05, 0.1) is 19.7 Å². The van der Waals surface area contributed by atoms with Crippen LogP contribution in [-0.4, -0.2) is 96.4 Å². The molecular formula is C21H33IN8O2. The maximum atomic E-state index is 12.0. The molecule has 0 saturated carbocycles. The van der Waals surface area contributed by atoms with Crippen LogP contribution in [0.4, 0.5) is 0 Å². The highest BCUT2D eigenvalue weighted by Gasteiger charge is 2.21. The number of ether oxygens (including phenoxy) is 1. The topological polar surface area (TPSA) is 111 Å².